The largest absolute Gasteiger partial charge is 0.481 e. The highest BCUT2D eigenvalue weighted by molar-refractivity contribution is 5.89. The molecule has 0 saturated heterocycles. The molecular formula is C10H19N3O4. The van der Waals surface area contributed by atoms with E-state index in [0.29, 0.717) is 0 Å². The van der Waals surface area contributed by atoms with Gasteiger partial charge < -0.3 is 21.5 Å². The standard InChI is InChI=1S/C10H19N3O4/c1-5(4-8(14)15)12-10(17)7(3)13-9(16)6(2)11/h5-7H,4,11H2,1-3H3,(H,12,17)(H,13,16)(H,14,15). The molecule has 0 aliphatic carbocycles. The van der Waals surface area contributed by atoms with Gasteiger partial charge in [-0.25, -0.2) is 0 Å². The lowest BCUT2D eigenvalue weighted by Gasteiger charge is -2.18. The minimum Gasteiger partial charge on any atom is -0.481 e. The SMILES string of the molecule is CC(CC(=O)O)NC(=O)C(C)NC(=O)C(C)N. The molecule has 0 aliphatic rings. The summed E-state index contributed by atoms with van der Waals surface area (Å²) in [4.78, 5) is 33.1. The molecule has 7 heteroatoms. The fourth-order valence-corrected chi connectivity index (χ4v) is 1.09. The number of carbonyl (C=O) groups is 3. The van der Waals surface area contributed by atoms with Crippen molar-refractivity contribution in [2.75, 3.05) is 0 Å². The van der Waals surface area contributed by atoms with E-state index in [1.807, 2.05) is 0 Å². The normalized spacial score (nSPS) is 15.5. The summed E-state index contributed by atoms with van der Waals surface area (Å²) in [7, 11) is 0. The number of carbonyl (C=O) groups excluding carboxylic acids is 2. The summed E-state index contributed by atoms with van der Waals surface area (Å²) in [5, 5.41) is 13.4. The fourth-order valence-electron chi connectivity index (χ4n) is 1.09. The summed E-state index contributed by atoms with van der Waals surface area (Å²) in [5.74, 6) is -1.86. The van der Waals surface area contributed by atoms with E-state index in [1.54, 1.807) is 6.92 Å². The number of rotatable bonds is 6. The van der Waals surface area contributed by atoms with E-state index in [0.717, 1.165) is 0 Å². The number of hydrogen-bond donors (Lipinski definition) is 4. The molecule has 0 spiro atoms. The van der Waals surface area contributed by atoms with Gasteiger partial charge in [0.15, 0.2) is 0 Å². The van der Waals surface area contributed by atoms with Gasteiger partial charge in [0, 0.05) is 6.04 Å². The summed E-state index contributed by atoms with van der Waals surface area (Å²) in [6.07, 6.45) is -0.167. The van der Waals surface area contributed by atoms with E-state index >= 15 is 0 Å². The van der Waals surface area contributed by atoms with Gasteiger partial charge in [-0.1, -0.05) is 0 Å². The molecule has 7 nitrogen and oxygen atoms in total. The second-order valence-corrected chi connectivity index (χ2v) is 4.03. The third-order valence-electron chi connectivity index (χ3n) is 2.04. The first kappa shape index (κ1) is 15.4. The van der Waals surface area contributed by atoms with Crippen LogP contribution in [0.2, 0.25) is 0 Å². The molecule has 0 saturated carbocycles. The summed E-state index contributed by atoms with van der Waals surface area (Å²) in [6, 6.07) is -1.93. The maximum Gasteiger partial charge on any atom is 0.305 e. The van der Waals surface area contributed by atoms with Crippen molar-refractivity contribution in [1.29, 1.82) is 0 Å². The Morgan fingerprint density at radius 1 is 1.12 bits per heavy atom. The van der Waals surface area contributed by atoms with Gasteiger partial charge in [-0.05, 0) is 20.8 Å². The van der Waals surface area contributed by atoms with Crippen LogP contribution in [-0.2, 0) is 14.4 Å². The zero-order chi connectivity index (χ0) is 13.6. The maximum absolute atomic E-state index is 11.5. The monoisotopic (exact) mass is 245 g/mol. The van der Waals surface area contributed by atoms with Crippen LogP contribution in [0.25, 0.3) is 0 Å². The number of carboxylic acid groups (broad SMARTS) is 1. The number of carboxylic acids is 1. The van der Waals surface area contributed by atoms with E-state index in [9.17, 15) is 14.4 Å². The highest BCUT2D eigenvalue weighted by Gasteiger charge is 2.19. The van der Waals surface area contributed by atoms with Crippen molar-refractivity contribution in [2.45, 2.75) is 45.3 Å². The summed E-state index contributed by atoms with van der Waals surface area (Å²) < 4.78 is 0. The predicted octanol–water partition coefficient (Wildman–Crippen LogP) is -1.18. The van der Waals surface area contributed by atoms with Crippen molar-refractivity contribution in [3.8, 4) is 0 Å². The van der Waals surface area contributed by atoms with Gasteiger partial charge in [0.05, 0.1) is 12.5 Å². The van der Waals surface area contributed by atoms with Crippen molar-refractivity contribution < 1.29 is 19.5 Å². The second-order valence-electron chi connectivity index (χ2n) is 4.03. The van der Waals surface area contributed by atoms with Crippen LogP contribution in [0.5, 0.6) is 0 Å². The van der Waals surface area contributed by atoms with Crippen LogP contribution < -0.4 is 16.4 Å². The lowest BCUT2D eigenvalue weighted by molar-refractivity contribution is -0.138. The molecule has 3 unspecified atom stereocenters. The third-order valence-corrected chi connectivity index (χ3v) is 2.04. The van der Waals surface area contributed by atoms with Gasteiger partial charge in [0.25, 0.3) is 0 Å². The summed E-state index contributed by atoms with van der Waals surface area (Å²) >= 11 is 0. The lowest BCUT2D eigenvalue weighted by Crippen LogP contribution is -2.51. The Balaban J connectivity index is 4.14. The molecule has 0 heterocycles. The molecule has 0 fully saturated rings. The molecule has 0 aromatic rings. The van der Waals surface area contributed by atoms with Crippen LogP contribution in [0, 0.1) is 0 Å². The van der Waals surface area contributed by atoms with Gasteiger partial charge in [-0.3, -0.25) is 14.4 Å². The Morgan fingerprint density at radius 3 is 2.06 bits per heavy atom. The highest BCUT2D eigenvalue weighted by Crippen LogP contribution is 1.92. The first-order valence-electron chi connectivity index (χ1n) is 5.32. The zero-order valence-corrected chi connectivity index (χ0v) is 10.2. The quantitative estimate of drug-likeness (QED) is 0.469. The average Bonchev–Trinajstić information content (AvgIpc) is 2.15. The first-order valence-corrected chi connectivity index (χ1v) is 5.32. The molecule has 3 atom stereocenters. The second kappa shape index (κ2) is 6.85. The molecular weight excluding hydrogens is 226 g/mol. The Kier molecular flexibility index (Phi) is 6.19. The number of hydrogen-bond acceptors (Lipinski definition) is 4. The predicted molar refractivity (Wildman–Crippen MR) is 61.1 cm³/mol. The van der Waals surface area contributed by atoms with Crippen LogP contribution in [0.1, 0.15) is 27.2 Å². The smallest absolute Gasteiger partial charge is 0.305 e. The van der Waals surface area contributed by atoms with Crippen LogP contribution in [0.15, 0.2) is 0 Å². The average molecular weight is 245 g/mol. The Labute approximate surface area is 99.7 Å². The van der Waals surface area contributed by atoms with Crippen molar-refractivity contribution in [3.05, 3.63) is 0 Å². The van der Waals surface area contributed by atoms with E-state index in [2.05, 4.69) is 10.6 Å². The molecule has 0 aliphatic heterocycles. The van der Waals surface area contributed by atoms with Crippen LogP contribution in [0.4, 0.5) is 0 Å². The van der Waals surface area contributed by atoms with E-state index in [1.165, 1.54) is 13.8 Å². The Morgan fingerprint density at radius 2 is 1.65 bits per heavy atom. The molecule has 5 N–H and O–H groups in total. The molecule has 0 rings (SSSR count). The molecule has 0 bridgehead atoms. The Bertz CT molecular complexity index is 304. The van der Waals surface area contributed by atoms with Crippen molar-refractivity contribution in [2.24, 2.45) is 5.73 Å². The highest BCUT2D eigenvalue weighted by atomic mass is 16.4. The van der Waals surface area contributed by atoms with E-state index in [4.69, 9.17) is 10.8 Å². The van der Waals surface area contributed by atoms with Gasteiger partial charge in [0.2, 0.25) is 11.8 Å². The number of nitrogens with one attached hydrogen (secondary N) is 2. The molecule has 0 aromatic heterocycles. The zero-order valence-electron chi connectivity index (χ0n) is 10.2. The van der Waals surface area contributed by atoms with Crippen LogP contribution >= 0.6 is 0 Å². The molecule has 98 valence electrons. The first-order chi connectivity index (χ1) is 7.73. The van der Waals surface area contributed by atoms with Crippen molar-refractivity contribution in [3.63, 3.8) is 0 Å². The third kappa shape index (κ3) is 6.52. The van der Waals surface area contributed by atoms with Gasteiger partial charge in [-0.15, -0.1) is 0 Å². The van der Waals surface area contributed by atoms with Gasteiger partial charge in [0.1, 0.15) is 6.04 Å². The lowest BCUT2D eigenvalue weighted by atomic mass is 10.2. The number of aliphatic carboxylic acids is 1. The van der Waals surface area contributed by atoms with Crippen LogP contribution in [-0.4, -0.2) is 41.0 Å². The summed E-state index contributed by atoms with van der Waals surface area (Å²) in [5.41, 5.74) is 5.33. The minimum atomic E-state index is -0.995. The van der Waals surface area contributed by atoms with Crippen molar-refractivity contribution in [1.82, 2.24) is 10.6 Å². The van der Waals surface area contributed by atoms with Crippen molar-refractivity contribution >= 4 is 17.8 Å². The van der Waals surface area contributed by atoms with E-state index in [-0.39, 0.29) is 6.42 Å². The number of amides is 2. The Hall–Kier alpha value is -1.63. The van der Waals surface area contributed by atoms with Crippen LogP contribution in [0.3, 0.4) is 0 Å². The minimum absolute atomic E-state index is 0.167. The number of nitrogens with two attached hydrogens (primary N) is 1. The molecule has 17 heavy (non-hydrogen) atoms. The maximum atomic E-state index is 11.5. The van der Waals surface area contributed by atoms with Gasteiger partial charge >= 0.3 is 5.97 Å². The van der Waals surface area contributed by atoms with Gasteiger partial charge in [-0.2, -0.15) is 0 Å². The fraction of sp³-hybridized carbons (Fsp3) is 0.700. The van der Waals surface area contributed by atoms with E-state index < -0.39 is 35.9 Å². The topological polar surface area (TPSA) is 122 Å². The molecule has 0 radical (unpaired) electrons. The molecule has 0 aromatic carbocycles. The summed E-state index contributed by atoms with van der Waals surface area (Å²) in [6.45, 7) is 4.59. The molecule has 2 amide bonds.